The van der Waals surface area contributed by atoms with Crippen molar-refractivity contribution in [2.45, 2.75) is 6.29 Å². The maximum Gasteiger partial charge on any atom is 0.586 e. The average molecular weight is 289 g/mol. The Balaban J connectivity index is 1.59. The van der Waals surface area contributed by atoms with Gasteiger partial charge in [-0.25, -0.2) is 0 Å². The van der Waals surface area contributed by atoms with Crippen LogP contribution in [0, 0.1) is 0 Å². The highest BCUT2D eigenvalue weighted by atomic mass is 19.3. The van der Waals surface area contributed by atoms with Gasteiger partial charge in [0.25, 0.3) is 0 Å². The summed E-state index contributed by atoms with van der Waals surface area (Å²) in [6.07, 6.45) is 0.358. The Kier molecular flexibility index (Phi) is 3.48. The van der Waals surface area contributed by atoms with Crippen molar-refractivity contribution >= 4 is 11.8 Å². The first-order chi connectivity index (χ1) is 10.1. The molecule has 1 aliphatic heterocycles. The van der Waals surface area contributed by atoms with Gasteiger partial charge in [0.2, 0.25) is 0 Å². The molecule has 0 unspecified atom stereocenters. The molecule has 0 fully saturated rings. The summed E-state index contributed by atoms with van der Waals surface area (Å²) in [6.45, 7) is 0.574. The SMILES string of the molecule is FC1(F)Oc2ccc(NCC=Cc3ccccc3)cc2O1. The summed E-state index contributed by atoms with van der Waals surface area (Å²) in [6, 6.07) is 14.5. The zero-order valence-electron chi connectivity index (χ0n) is 11.1. The zero-order valence-corrected chi connectivity index (χ0v) is 11.1. The maximum atomic E-state index is 12.9. The second kappa shape index (κ2) is 5.44. The van der Waals surface area contributed by atoms with E-state index in [1.54, 1.807) is 6.07 Å². The van der Waals surface area contributed by atoms with Crippen LogP contribution < -0.4 is 14.8 Å². The molecule has 0 atom stereocenters. The normalized spacial score (nSPS) is 15.3. The Labute approximate surface area is 120 Å². The zero-order chi connectivity index (χ0) is 14.7. The van der Waals surface area contributed by atoms with Crippen LogP contribution in [0.5, 0.6) is 11.5 Å². The largest absolute Gasteiger partial charge is 0.586 e. The van der Waals surface area contributed by atoms with Gasteiger partial charge in [-0.15, -0.1) is 8.78 Å². The van der Waals surface area contributed by atoms with Crippen molar-refractivity contribution < 1.29 is 18.3 Å². The van der Waals surface area contributed by atoms with E-state index in [1.807, 2.05) is 42.5 Å². The monoisotopic (exact) mass is 289 g/mol. The number of fused-ring (bicyclic) bond motifs is 1. The van der Waals surface area contributed by atoms with Gasteiger partial charge >= 0.3 is 6.29 Å². The molecule has 2 aromatic rings. The van der Waals surface area contributed by atoms with Gasteiger partial charge in [-0.05, 0) is 17.7 Å². The molecule has 108 valence electrons. The molecule has 1 aliphatic rings. The molecule has 1 heterocycles. The lowest BCUT2D eigenvalue weighted by Gasteiger charge is -2.04. The summed E-state index contributed by atoms with van der Waals surface area (Å²) in [5.41, 5.74) is 1.79. The molecule has 2 aromatic carbocycles. The number of rotatable bonds is 4. The lowest BCUT2D eigenvalue weighted by atomic mass is 10.2. The van der Waals surface area contributed by atoms with Gasteiger partial charge in [0.05, 0.1) is 0 Å². The minimum absolute atomic E-state index is 0.0389. The van der Waals surface area contributed by atoms with Crippen molar-refractivity contribution in [2.24, 2.45) is 0 Å². The maximum absolute atomic E-state index is 12.9. The average Bonchev–Trinajstić information content (AvgIpc) is 2.78. The quantitative estimate of drug-likeness (QED) is 0.918. The van der Waals surface area contributed by atoms with Crippen LogP contribution in [0.3, 0.4) is 0 Å². The van der Waals surface area contributed by atoms with E-state index in [1.165, 1.54) is 12.1 Å². The lowest BCUT2D eigenvalue weighted by molar-refractivity contribution is -0.286. The molecule has 0 amide bonds. The van der Waals surface area contributed by atoms with E-state index in [0.717, 1.165) is 5.56 Å². The number of hydrogen-bond acceptors (Lipinski definition) is 3. The van der Waals surface area contributed by atoms with Crippen molar-refractivity contribution in [3.05, 3.63) is 60.2 Å². The molecular weight excluding hydrogens is 276 g/mol. The summed E-state index contributed by atoms with van der Waals surface area (Å²) in [5.74, 6) is 0.0856. The van der Waals surface area contributed by atoms with Crippen LogP contribution in [0.25, 0.3) is 6.08 Å². The van der Waals surface area contributed by atoms with E-state index in [9.17, 15) is 8.78 Å². The van der Waals surface area contributed by atoms with Gasteiger partial charge in [-0.1, -0.05) is 42.5 Å². The molecule has 0 radical (unpaired) electrons. The molecule has 0 aliphatic carbocycles. The number of ether oxygens (including phenoxy) is 2. The van der Waals surface area contributed by atoms with Crippen LogP contribution in [-0.2, 0) is 0 Å². The molecule has 21 heavy (non-hydrogen) atoms. The standard InChI is InChI=1S/C16H13F2NO2/c17-16(18)20-14-9-8-13(11-15(14)21-16)19-10-4-7-12-5-2-1-3-6-12/h1-9,11,19H,10H2. The second-order valence-electron chi connectivity index (χ2n) is 4.52. The number of hydrogen-bond donors (Lipinski definition) is 1. The summed E-state index contributed by atoms with van der Waals surface area (Å²) < 4.78 is 34.5. The fraction of sp³-hybridized carbons (Fsp3) is 0.125. The van der Waals surface area contributed by atoms with Gasteiger partial charge < -0.3 is 14.8 Å². The van der Waals surface area contributed by atoms with E-state index in [-0.39, 0.29) is 11.5 Å². The molecule has 1 N–H and O–H groups in total. The van der Waals surface area contributed by atoms with Crippen molar-refractivity contribution in [3.8, 4) is 11.5 Å². The van der Waals surface area contributed by atoms with Gasteiger partial charge in [0.1, 0.15) is 0 Å². The Hall–Kier alpha value is -2.56. The van der Waals surface area contributed by atoms with Gasteiger partial charge in [-0.2, -0.15) is 0 Å². The number of anilines is 1. The van der Waals surface area contributed by atoms with Crippen LogP contribution in [-0.4, -0.2) is 12.8 Å². The molecule has 0 bridgehead atoms. The number of halogens is 2. The van der Waals surface area contributed by atoms with E-state index in [4.69, 9.17) is 0 Å². The van der Waals surface area contributed by atoms with Crippen LogP contribution in [0.15, 0.2) is 54.6 Å². The van der Waals surface area contributed by atoms with Crippen LogP contribution >= 0.6 is 0 Å². The third-order valence-corrected chi connectivity index (χ3v) is 2.94. The summed E-state index contributed by atoms with van der Waals surface area (Å²) >= 11 is 0. The molecule has 3 nitrogen and oxygen atoms in total. The fourth-order valence-electron chi connectivity index (χ4n) is 1.99. The lowest BCUT2D eigenvalue weighted by Crippen LogP contribution is -2.25. The van der Waals surface area contributed by atoms with E-state index in [0.29, 0.717) is 12.2 Å². The van der Waals surface area contributed by atoms with Crippen molar-refractivity contribution in [3.63, 3.8) is 0 Å². The minimum atomic E-state index is -3.58. The topological polar surface area (TPSA) is 30.5 Å². The summed E-state index contributed by atoms with van der Waals surface area (Å²) in [4.78, 5) is 0. The highest BCUT2D eigenvalue weighted by Gasteiger charge is 2.43. The molecule has 3 rings (SSSR count). The molecule has 0 saturated heterocycles. The van der Waals surface area contributed by atoms with E-state index in [2.05, 4.69) is 14.8 Å². The van der Waals surface area contributed by atoms with Gasteiger partial charge in [-0.3, -0.25) is 0 Å². The Morgan fingerprint density at radius 1 is 1.00 bits per heavy atom. The Morgan fingerprint density at radius 3 is 2.57 bits per heavy atom. The highest BCUT2D eigenvalue weighted by Crippen LogP contribution is 2.42. The number of nitrogens with one attached hydrogen (secondary N) is 1. The predicted molar refractivity (Wildman–Crippen MR) is 76.6 cm³/mol. The smallest absolute Gasteiger partial charge is 0.395 e. The Bertz CT molecular complexity index is 657. The molecular formula is C16H13F2NO2. The predicted octanol–water partition coefficient (Wildman–Crippen LogP) is 4.13. The van der Waals surface area contributed by atoms with Crippen LogP contribution in [0.1, 0.15) is 5.56 Å². The van der Waals surface area contributed by atoms with Crippen molar-refractivity contribution in [1.29, 1.82) is 0 Å². The molecule has 0 aromatic heterocycles. The fourth-order valence-corrected chi connectivity index (χ4v) is 1.99. The third-order valence-electron chi connectivity index (χ3n) is 2.94. The van der Waals surface area contributed by atoms with Crippen molar-refractivity contribution in [2.75, 3.05) is 11.9 Å². The van der Waals surface area contributed by atoms with Crippen LogP contribution in [0.2, 0.25) is 0 Å². The van der Waals surface area contributed by atoms with E-state index >= 15 is 0 Å². The number of benzene rings is 2. The van der Waals surface area contributed by atoms with Crippen molar-refractivity contribution in [1.82, 2.24) is 0 Å². The first-order valence-corrected chi connectivity index (χ1v) is 6.48. The number of alkyl halides is 2. The molecule has 0 spiro atoms. The van der Waals surface area contributed by atoms with Gasteiger partial charge in [0.15, 0.2) is 11.5 Å². The molecule has 5 heteroatoms. The van der Waals surface area contributed by atoms with E-state index < -0.39 is 6.29 Å². The highest BCUT2D eigenvalue weighted by molar-refractivity contribution is 5.57. The summed E-state index contributed by atoms with van der Waals surface area (Å²) in [7, 11) is 0. The minimum Gasteiger partial charge on any atom is -0.395 e. The first kappa shape index (κ1) is 13.4. The second-order valence-corrected chi connectivity index (χ2v) is 4.52. The molecule has 0 saturated carbocycles. The Morgan fingerprint density at radius 2 is 1.76 bits per heavy atom. The summed E-state index contributed by atoms with van der Waals surface area (Å²) in [5, 5.41) is 3.10. The first-order valence-electron chi connectivity index (χ1n) is 6.48. The van der Waals surface area contributed by atoms with Gasteiger partial charge in [0, 0.05) is 18.3 Å². The van der Waals surface area contributed by atoms with Crippen LogP contribution in [0.4, 0.5) is 14.5 Å². The third kappa shape index (κ3) is 3.31.